The lowest BCUT2D eigenvalue weighted by Crippen LogP contribution is -2.47. The molecule has 1 aliphatic heterocycles. The van der Waals surface area contributed by atoms with Crippen molar-refractivity contribution < 1.29 is 4.74 Å². The van der Waals surface area contributed by atoms with Crippen LogP contribution >= 0.6 is 0 Å². The van der Waals surface area contributed by atoms with E-state index in [4.69, 9.17) is 4.74 Å². The highest BCUT2D eigenvalue weighted by molar-refractivity contribution is 5.79. The van der Waals surface area contributed by atoms with Crippen molar-refractivity contribution in [2.24, 2.45) is 4.99 Å². The summed E-state index contributed by atoms with van der Waals surface area (Å²) in [6.07, 6.45) is 2.09. The Labute approximate surface area is 115 Å². The monoisotopic (exact) mass is 261 g/mol. The van der Waals surface area contributed by atoms with Crippen molar-refractivity contribution in [1.29, 1.82) is 0 Å². The summed E-state index contributed by atoms with van der Waals surface area (Å²) in [5, 5.41) is 6.48. The summed E-state index contributed by atoms with van der Waals surface area (Å²) in [7, 11) is 3.67. The van der Waals surface area contributed by atoms with Gasteiger partial charge in [-0.25, -0.2) is 0 Å². The summed E-state index contributed by atoms with van der Waals surface area (Å²) in [6, 6.07) is 10.7. The maximum Gasteiger partial charge on any atom is 0.190 e. The molecule has 0 unspecified atom stereocenters. The molecule has 1 aromatic carbocycles. The van der Waals surface area contributed by atoms with Crippen molar-refractivity contribution in [3.63, 3.8) is 0 Å². The molecule has 2 rings (SSSR count). The van der Waals surface area contributed by atoms with E-state index in [1.165, 1.54) is 5.56 Å². The van der Waals surface area contributed by atoms with Crippen LogP contribution in [0.4, 0.5) is 0 Å². The molecule has 19 heavy (non-hydrogen) atoms. The van der Waals surface area contributed by atoms with Crippen molar-refractivity contribution in [2.45, 2.75) is 18.3 Å². The highest BCUT2D eigenvalue weighted by Crippen LogP contribution is 2.34. The molecule has 1 aliphatic rings. The third-order valence-electron chi connectivity index (χ3n) is 3.89. The fourth-order valence-corrected chi connectivity index (χ4v) is 2.65. The van der Waals surface area contributed by atoms with Gasteiger partial charge in [-0.05, 0) is 18.4 Å². The van der Waals surface area contributed by atoms with Crippen LogP contribution in [0.5, 0.6) is 0 Å². The zero-order valence-electron chi connectivity index (χ0n) is 11.8. The summed E-state index contributed by atoms with van der Waals surface area (Å²) in [4.78, 5) is 4.18. The Morgan fingerprint density at radius 1 is 1.26 bits per heavy atom. The van der Waals surface area contributed by atoms with Crippen molar-refractivity contribution in [2.75, 3.05) is 33.9 Å². The van der Waals surface area contributed by atoms with Gasteiger partial charge < -0.3 is 15.4 Å². The molecule has 0 amide bonds. The molecule has 0 bridgehead atoms. The molecule has 0 spiro atoms. The highest BCUT2D eigenvalue weighted by atomic mass is 16.5. The maximum absolute atomic E-state index is 5.53. The lowest BCUT2D eigenvalue weighted by Gasteiger charge is -2.38. The van der Waals surface area contributed by atoms with Gasteiger partial charge in [0, 0.05) is 39.3 Å². The van der Waals surface area contributed by atoms with Gasteiger partial charge in [0.1, 0.15) is 0 Å². The summed E-state index contributed by atoms with van der Waals surface area (Å²) in [6.45, 7) is 2.54. The Bertz CT molecular complexity index is 411. The van der Waals surface area contributed by atoms with Crippen LogP contribution in [0.2, 0.25) is 0 Å². The third-order valence-corrected chi connectivity index (χ3v) is 3.89. The average Bonchev–Trinajstić information content (AvgIpc) is 2.50. The van der Waals surface area contributed by atoms with E-state index in [0.29, 0.717) is 0 Å². The Balaban J connectivity index is 2.16. The number of hydrogen-bond acceptors (Lipinski definition) is 2. The number of hydrogen-bond donors (Lipinski definition) is 2. The van der Waals surface area contributed by atoms with Gasteiger partial charge in [-0.2, -0.15) is 0 Å². The first-order valence-corrected chi connectivity index (χ1v) is 6.82. The first kappa shape index (κ1) is 13.9. The smallest absolute Gasteiger partial charge is 0.190 e. The second-order valence-corrected chi connectivity index (χ2v) is 4.93. The van der Waals surface area contributed by atoms with Crippen LogP contribution in [0.25, 0.3) is 0 Å². The van der Waals surface area contributed by atoms with E-state index in [1.807, 2.05) is 7.05 Å². The summed E-state index contributed by atoms with van der Waals surface area (Å²) in [5.41, 5.74) is 1.53. The van der Waals surface area contributed by atoms with Gasteiger partial charge in [-0.15, -0.1) is 0 Å². The fourth-order valence-electron chi connectivity index (χ4n) is 2.65. The predicted molar refractivity (Wildman–Crippen MR) is 78.6 cm³/mol. The topological polar surface area (TPSA) is 45.7 Å². The quantitative estimate of drug-likeness (QED) is 0.641. The average molecular weight is 261 g/mol. The van der Waals surface area contributed by atoms with Crippen LogP contribution in [0.3, 0.4) is 0 Å². The van der Waals surface area contributed by atoms with Crippen molar-refractivity contribution in [1.82, 2.24) is 10.6 Å². The van der Waals surface area contributed by atoms with Crippen LogP contribution in [-0.2, 0) is 10.2 Å². The molecule has 1 fully saturated rings. The molecule has 0 aliphatic carbocycles. The van der Waals surface area contributed by atoms with Crippen molar-refractivity contribution in [3.8, 4) is 0 Å². The first-order chi connectivity index (χ1) is 9.30. The lowest BCUT2D eigenvalue weighted by molar-refractivity contribution is 0.0514. The van der Waals surface area contributed by atoms with E-state index in [9.17, 15) is 0 Å². The lowest BCUT2D eigenvalue weighted by atomic mass is 9.74. The minimum atomic E-state index is 0.145. The van der Waals surface area contributed by atoms with Crippen molar-refractivity contribution in [3.05, 3.63) is 35.9 Å². The number of nitrogens with one attached hydrogen (secondary N) is 2. The fraction of sp³-hybridized carbons (Fsp3) is 0.533. The van der Waals surface area contributed by atoms with Gasteiger partial charge in [-0.1, -0.05) is 30.3 Å². The van der Waals surface area contributed by atoms with Crippen LogP contribution in [0, 0.1) is 0 Å². The van der Waals surface area contributed by atoms with E-state index in [-0.39, 0.29) is 5.41 Å². The summed E-state index contributed by atoms with van der Waals surface area (Å²) in [5.74, 6) is 0.835. The molecule has 1 saturated heterocycles. The molecular formula is C15H23N3O. The number of aliphatic imine (C=N–C) groups is 1. The molecule has 4 heteroatoms. The molecule has 0 saturated carbocycles. The zero-order valence-corrected chi connectivity index (χ0v) is 11.8. The molecule has 4 nitrogen and oxygen atoms in total. The molecule has 1 aromatic rings. The Morgan fingerprint density at radius 3 is 2.53 bits per heavy atom. The number of ether oxygens (including phenoxy) is 1. The Hall–Kier alpha value is -1.55. The second-order valence-electron chi connectivity index (χ2n) is 4.93. The van der Waals surface area contributed by atoms with E-state index in [2.05, 4.69) is 46.0 Å². The SMILES string of the molecule is CN=C(NC)NCC1(c2ccccc2)CCOCC1. The minimum absolute atomic E-state index is 0.145. The van der Waals surface area contributed by atoms with E-state index >= 15 is 0 Å². The second kappa shape index (κ2) is 6.57. The highest BCUT2D eigenvalue weighted by Gasteiger charge is 2.34. The number of benzene rings is 1. The van der Waals surface area contributed by atoms with Crippen molar-refractivity contribution >= 4 is 5.96 Å². The number of rotatable bonds is 3. The molecular weight excluding hydrogens is 238 g/mol. The molecule has 1 heterocycles. The number of guanidine groups is 1. The van der Waals surface area contributed by atoms with Gasteiger partial charge in [0.2, 0.25) is 0 Å². The molecule has 104 valence electrons. The van der Waals surface area contributed by atoms with Gasteiger partial charge in [-0.3, -0.25) is 4.99 Å². The molecule has 0 radical (unpaired) electrons. The molecule has 0 atom stereocenters. The number of nitrogens with zero attached hydrogens (tertiary/aromatic N) is 1. The van der Waals surface area contributed by atoms with Gasteiger partial charge in [0.25, 0.3) is 0 Å². The van der Waals surface area contributed by atoms with Crippen LogP contribution < -0.4 is 10.6 Å². The summed E-state index contributed by atoms with van der Waals surface area (Å²) >= 11 is 0. The van der Waals surface area contributed by atoms with Gasteiger partial charge >= 0.3 is 0 Å². The standard InChI is InChI=1S/C15H23N3O/c1-16-14(17-2)18-12-15(8-10-19-11-9-15)13-6-4-3-5-7-13/h3-7H,8-12H2,1-2H3,(H2,16,17,18). The summed E-state index contributed by atoms with van der Waals surface area (Å²) < 4.78 is 5.53. The normalized spacial score (nSPS) is 18.9. The van der Waals surface area contributed by atoms with E-state index < -0.39 is 0 Å². The van der Waals surface area contributed by atoms with E-state index in [1.54, 1.807) is 7.05 Å². The van der Waals surface area contributed by atoms with E-state index in [0.717, 1.165) is 38.6 Å². The Kier molecular flexibility index (Phi) is 4.80. The minimum Gasteiger partial charge on any atom is -0.381 e. The third kappa shape index (κ3) is 3.26. The Morgan fingerprint density at radius 2 is 1.95 bits per heavy atom. The van der Waals surface area contributed by atoms with Crippen LogP contribution in [0.1, 0.15) is 18.4 Å². The first-order valence-electron chi connectivity index (χ1n) is 6.82. The molecule has 0 aromatic heterocycles. The van der Waals surface area contributed by atoms with Crippen LogP contribution in [0.15, 0.2) is 35.3 Å². The zero-order chi connectivity index (χ0) is 13.6. The van der Waals surface area contributed by atoms with Crippen LogP contribution in [-0.4, -0.2) is 39.8 Å². The maximum atomic E-state index is 5.53. The molecule has 2 N–H and O–H groups in total. The van der Waals surface area contributed by atoms with Gasteiger partial charge in [0.15, 0.2) is 5.96 Å². The largest absolute Gasteiger partial charge is 0.381 e. The van der Waals surface area contributed by atoms with Gasteiger partial charge in [0.05, 0.1) is 0 Å². The predicted octanol–water partition coefficient (Wildman–Crippen LogP) is 1.53.